The van der Waals surface area contributed by atoms with Crippen molar-refractivity contribution in [3.63, 3.8) is 0 Å². The van der Waals surface area contributed by atoms with E-state index in [1.54, 1.807) is 6.92 Å². The molecule has 4 aromatic rings. The molecule has 1 aliphatic carbocycles. The van der Waals surface area contributed by atoms with E-state index in [-0.39, 0.29) is 16.1 Å². The monoisotopic (exact) mass is 462 g/mol. The molecular weight excluding hydrogens is 443 g/mol. The number of hydrogen-bond acceptors (Lipinski definition) is 6. The van der Waals surface area contributed by atoms with Crippen molar-refractivity contribution in [2.45, 2.75) is 31.7 Å². The van der Waals surface area contributed by atoms with E-state index < -0.39 is 11.4 Å². The third-order valence-electron chi connectivity index (χ3n) is 6.52. The molecule has 0 atom stereocenters. The first-order chi connectivity index (χ1) is 15.9. The number of para-hydroxylation sites is 1. The van der Waals surface area contributed by atoms with Gasteiger partial charge in [0.15, 0.2) is 5.82 Å². The van der Waals surface area contributed by atoms with Crippen LogP contribution in [0.3, 0.4) is 0 Å². The molecule has 166 valence electrons. The SMILES string of the molecule is Cc1nn(-c2c(F)cccc2Cl)c(=O)c2cnc(Nc3ccc4c(c3)CNCC43CC3)nc12. The zero-order valence-electron chi connectivity index (χ0n) is 17.8. The third kappa shape index (κ3) is 3.29. The molecule has 0 bridgehead atoms. The second kappa shape index (κ2) is 7.33. The van der Waals surface area contributed by atoms with E-state index in [4.69, 9.17) is 11.6 Å². The van der Waals surface area contributed by atoms with Crippen LogP contribution in [0.2, 0.25) is 5.02 Å². The van der Waals surface area contributed by atoms with Crippen LogP contribution < -0.4 is 16.2 Å². The normalized spacial score (nSPS) is 16.1. The number of aryl methyl sites for hydroxylation is 1. The van der Waals surface area contributed by atoms with Gasteiger partial charge in [0.1, 0.15) is 11.2 Å². The van der Waals surface area contributed by atoms with E-state index >= 15 is 0 Å². The molecule has 7 nitrogen and oxygen atoms in total. The van der Waals surface area contributed by atoms with Gasteiger partial charge in [-0.25, -0.2) is 14.4 Å². The van der Waals surface area contributed by atoms with Crippen LogP contribution in [0.15, 0.2) is 47.4 Å². The summed E-state index contributed by atoms with van der Waals surface area (Å²) in [6, 6.07) is 10.6. The molecule has 2 aliphatic rings. The molecule has 1 fully saturated rings. The molecule has 9 heteroatoms. The van der Waals surface area contributed by atoms with Crippen molar-refractivity contribution in [2.75, 3.05) is 11.9 Å². The van der Waals surface area contributed by atoms with Crippen molar-refractivity contribution in [3.8, 4) is 5.69 Å². The van der Waals surface area contributed by atoms with Crippen molar-refractivity contribution < 1.29 is 4.39 Å². The number of aromatic nitrogens is 4. The smallest absolute Gasteiger partial charge is 0.282 e. The van der Waals surface area contributed by atoms with Gasteiger partial charge in [-0.15, -0.1) is 0 Å². The summed E-state index contributed by atoms with van der Waals surface area (Å²) in [5.74, 6) is -0.275. The summed E-state index contributed by atoms with van der Waals surface area (Å²) in [7, 11) is 0. The highest BCUT2D eigenvalue weighted by molar-refractivity contribution is 6.32. The fourth-order valence-corrected chi connectivity index (χ4v) is 4.91. The van der Waals surface area contributed by atoms with Crippen molar-refractivity contribution in [3.05, 3.63) is 80.6 Å². The number of fused-ring (bicyclic) bond motifs is 3. The van der Waals surface area contributed by atoms with Gasteiger partial charge < -0.3 is 10.6 Å². The van der Waals surface area contributed by atoms with Gasteiger partial charge in [0.25, 0.3) is 5.56 Å². The number of nitrogens with one attached hydrogen (secondary N) is 2. The lowest BCUT2D eigenvalue weighted by atomic mass is 9.88. The lowest BCUT2D eigenvalue weighted by Gasteiger charge is -2.26. The molecule has 0 amide bonds. The maximum atomic E-state index is 14.4. The summed E-state index contributed by atoms with van der Waals surface area (Å²) >= 11 is 6.14. The first-order valence-electron chi connectivity index (χ1n) is 10.8. The van der Waals surface area contributed by atoms with Crippen LogP contribution in [0.25, 0.3) is 16.6 Å². The standard InChI is InChI=1S/C24H20ClFN6O/c1-13-20-16(22(33)32(31-13)21-18(25)3-2-4-19(21)26)11-28-23(30-20)29-15-5-6-17-14(9-15)10-27-12-24(17)7-8-24/h2-6,9,11,27H,7-8,10,12H2,1H3,(H,28,29,30). The summed E-state index contributed by atoms with van der Waals surface area (Å²) in [6.07, 6.45) is 3.90. The van der Waals surface area contributed by atoms with E-state index in [0.29, 0.717) is 22.6 Å². The Morgan fingerprint density at radius 2 is 2.09 bits per heavy atom. The van der Waals surface area contributed by atoms with Gasteiger partial charge in [0, 0.05) is 30.4 Å². The minimum Gasteiger partial charge on any atom is -0.324 e. The Bertz CT molecular complexity index is 1480. The molecular formula is C24H20ClFN6O. The first kappa shape index (κ1) is 20.3. The maximum Gasteiger partial charge on any atom is 0.282 e. The van der Waals surface area contributed by atoms with Gasteiger partial charge in [0.2, 0.25) is 5.95 Å². The summed E-state index contributed by atoms with van der Waals surface area (Å²) in [4.78, 5) is 21.9. The van der Waals surface area contributed by atoms with E-state index in [1.807, 2.05) is 6.07 Å². The van der Waals surface area contributed by atoms with Crippen LogP contribution in [-0.2, 0) is 12.0 Å². The van der Waals surface area contributed by atoms with Crippen molar-refractivity contribution in [2.24, 2.45) is 0 Å². The van der Waals surface area contributed by atoms with Crippen molar-refractivity contribution in [1.29, 1.82) is 0 Å². The molecule has 33 heavy (non-hydrogen) atoms. The van der Waals surface area contributed by atoms with Crippen LogP contribution >= 0.6 is 11.6 Å². The van der Waals surface area contributed by atoms with Crippen LogP contribution in [0.4, 0.5) is 16.0 Å². The summed E-state index contributed by atoms with van der Waals surface area (Å²) in [5, 5.41) is 11.3. The second-order valence-electron chi connectivity index (χ2n) is 8.71. The number of hydrogen-bond donors (Lipinski definition) is 2. The van der Waals surface area contributed by atoms with Crippen LogP contribution in [-0.4, -0.2) is 26.3 Å². The first-order valence-corrected chi connectivity index (χ1v) is 11.2. The zero-order chi connectivity index (χ0) is 22.7. The fraction of sp³-hybridized carbons (Fsp3) is 0.250. The molecule has 6 rings (SSSR count). The van der Waals surface area contributed by atoms with Crippen molar-refractivity contribution >= 4 is 34.1 Å². The minimum absolute atomic E-state index is 0.0903. The van der Waals surface area contributed by atoms with Crippen LogP contribution in [0.1, 0.15) is 29.7 Å². The Kier molecular flexibility index (Phi) is 4.50. The highest BCUT2D eigenvalue weighted by atomic mass is 35.5. The van der Waals surface area contributed by atoms with Crippen molar-refractivity contribution in [1.82, 2.24) is 25.1 Å². The Hall–Kier alpha value is -3.36. The summed E-state index contributed by atoms with van der Waals surface area (Å²) in [5.41, 5.74) is 4.14. The Balaban J connectivity index is 1.38. The molecule has 1 spiro atoms. The summed E-state index contributed by atoms with van der Waals surface area (Å²) < 4.78 is 15.4. The predicted molar refractivity (Wildman–Crippen MR) is 125 cm³/mol. The Morgan fingerprint density at radius 3 is 2.88 bits per heavy atom. The quantitative estimate of drug-likeness (QED) is 0.475. The molecule has 2 N–H and O–H groups in total. The number of nitrogens with zero attached hydrogens (tertiary/aromatic N) is 4. The average molecular weight is 463 g/mol. The van der Waals surface area contributed by atoms with E-state index in [9.17, 15) is 9.18 Å². The number of rotatable bonds is 3. The average Bonchev–Trinajstić information content (AvgIpc) is 3.57. The Labute approximate surface area is 193 Å². The molecule has 0 radical (unpaired) electrons. The number of anilines is 2. The van der Waals surface area contributed by atoms with Gasteiger partial charge in [0.05, 0.1) is 16.1 Å². The van der Waals surface area contributed by atoms with E-state index in [0.717, 1.165) is 23.5 Å². The molecule has 2 aromatic heterocycles. The fourth-order valence-electron chi connectivity index (χ4n) is 4.67. The van der Waals surface area contributed by atoms with Gasteiger partial charge in [-0.3, -0.25) is 4.79 Å². The maximum absolute atomic E-state index is 14.4. The lowest BCUT2D eigenvalue weighted by Crippen LogP contribution is -2.33. The van der Waals surface area contributed by atoms with Gasteiger partial charge in [-0.1, -0.05) is 23.7 Å². The van der Waals surface area contributed by atoms with Crippen LogP contribution in [0, 0.1) is 12.7 Å². The third-order valence-corrected chi connectivity index (χ3v) is 6.82. The molecule has 0 saturated heterocycles. The second-order valence-corrected chi connectivity index (χ2v) is 9.12. The Morgan fingerprint density at radius 1 is 1.24 bits per heavy atom. The lowest BCUT2D eigenvalue weighted by molar-refractivity contribution is 0.531. The molecule has 1 aliphatic heterocycles. The largest absolute Gasteiger partial charge is 0.324 e. The number of halogens is 2. The van der Waals surface area contributed by atoms with Gasteiger partial charge in [-0.05, 0) is 55.2 Å². The van der Waals surface area contributed by atoms with E-state index in [2.05, 4.69) is 37.8 Å². The molecule has 3 heterocycles. The molecule has 1 saturated carbocycles. The van der Waals surface area contributed by atoms with Crippen LogP contribution in [0.5, 0.6) is 0 Å². The number of benzene rings is 2. The zero-order valence-corrected chi connectivity index (χ0v) is 18.6. The summed E-state index contributed by atoms with van der Waals surface area (Å²) in [6.45, 7) is 3.60. The van der Waals surface area contributed by atoms with Gasteiger partial charge in [-0.2, -0.15) is 9.78 Å². The highest BCUT2D eigenvalue weighted by Crippen LogP contribution is 2.50. The molecule has 2 aromatic carbocycles. The predicted octanol–water partition coefficient (Wildman–Crippen LogP) is 4.16. The topological polar surface area (TPSA) is 84.7 Å². The highest BCUT2D eigenvalue weighted by Gasteiger charge is 2.46. The molecule has 0 unspecified atom stereocenters. The van der Waals surface area contributed by atoms with E-state index in [1.165, 1.54) is 48.4 Å². The minimum atomic E-state index is -0.634. The van der Waals surface area contributed by atoms with Gasteiger partial charge >= 0.3 is 0 Å².